The van der Waals surface area contributed by atoms with E-state index in [1.165, 1.54) is 0 Å². The summed E-state index contributed by atoms with van der Waals surface area (Å²) < 4.78 is 0. The van der Waals surface area contributed by atoms with Crippen molar-refractivity contribution in [2.75, 3.05) is 0 Å². The molecule has 0 aliphatic heterocycles. The van der Waals surface area contributed by atoms with E-state index in [9.17, 15) is 5.11 Å². The van der Waals surface area contributed by atoms with E-state index in [1.54, 1.807) is 31.2 Å². The van der Waals surface area contributed by atoms with Gasteiger partial charge in [-0.2, -0.15) is 0 Å². The van der Waals surface area contributed by atoms with E-state index in [4.69, 9.17) is 34.8 Å². The highest BCUT2D eigenvalue weighted by Gasteiger charge is 2.11. The number of hydrogen-bond donors (Lipinski definition) is 1. The van der Waals surface area contributed by atoms with Crippen molar-refractivity contribution < 1.29 is 5.11 Å². The standard InChI is InChI=1S/C12H8Cl3NO/c1-6-11(17)3-2-10(16-6)8-4-7(13)5-9(14)12(8)15/h2-5,17H,1H3. The second-order valence-corrected chi connectivity index (χ2v) is 4.77. The first-order valence-corrected chi connectivity index (χ1v) is 5.94. The molecule has 1 N–H and O–H groups in total. The Morgan fingerprint density at radius 1 is 1.12 bits per heavy atom. The number of rotatable bonds is 1. The molecule has 0 radical (unpaired) electrons. The van der Waals surface area contributed by atoms with Crippen LogP contribution in [0.5, 0.6) is 5.75 Å². The maximum Gasteiger partial charge on any atom is 0.136 e. The van der Waals surface area contributed by atoms with Crippen molar-refractivity contribution in [2.24, 2.45) is 0 Å². The zero-order valence-corrected chi connectivity index (χ0v) is 11.1. The summed E-state index contributed by atoms with van der Waals surface area (Å²) in [6.45, 7) is 1.71. The first kappa shape index (κ1) is 12.5. The number of hydrogen-bond acceptors (Lipinski definition) is 2. The summed E-state index contributed by atoms with van der Waals surface area (Å²) in [5, 5.41) is 10.7. The summed E-state index contributed by atoms with van der Waals surface area (Å²) in [4.78, 5) is 4.23. The fraction of sp³-hybridized carbons (Fsp3) is 0.0833. The Morgan fingerprint density at radius 2 is 1.82 bits per heavy atom. The monoisotopic (exact) mass is 287 g/mol. The quantitative estimate of drug-likeness (QED) is 0.770. The minimum absolute atomic E-state index is 0.137. The van der Waals surface area contributed by atoms with Crippen molar-refractivity contribution in [3.63, 3.8) is 0 Å². The third kappa shape index (κ3) is 2.49. The number of aromatic nitrogens is 1. The lowest BCUT2D eigenvalue weighted by molar-refractivity contribution is 0.468. The molecule has 2 rings (SSSR count). The van der Waals surface area contributed by atoms with E-state index >= 15 is 0 Å². The number of aromatic hydroxyl groups is 1. The Morgan fingerprint density at radius 3 is 2.47 bits per heavy atom. The van der Waals surface area contributed by atoms with Crippen molar-refractivity contribution in [1.29, 1.82) is 0 Å². The molecule has 88 valence electrons. The topological polar surface area (TPSA) is 33.1 Å². The maximum atomic E-state index is 9.42. The number of benzene rings is 1. The lowest BCUT2D eigenvalue weighted by Crippen LogP contribution is -1.89. The molecule has 0 fully saturated rings. The minimum Gasteiger partial charge on any atom is -0.506 e. The van der Waals surface area contributed by atoms with E-state index < -0.39 is 0 Å². The van der Waals surface area contributed by atoms with E-state index in [-0.39, 0.29) is 5.75 Å². The van der Waals surface area contributed by atoms with E-state index in [0.29, 0.717) is 32.0 Å². The van der Waals surface area contributed by atoms with Crippen LogP contribution in [0.1, 0.15) is 5.69 Å². The first-order chi connectivity index (χ1) is 7.99. The normalized spacial score (nSPS) is 10.6. The van der Waals surface area contributed by atoms with Gasteiger partial charge in [-0.15, -0.1) is 0 Å². The molecule has 0 amide bonds. The fourth-order valence-electron chi connectivity index (χ4n) is 1.45. The Balaban J connectivity index is 2.64. The lowest BCUT2D eigenvalue weighted by Gasteiger charge is -2.08. The molecule has 0 bridgehead atoms. The molecule has 1 aromatic carbocycles. The van der Waals surface area contributed by atoms with Crippen LogP contribution in [0.3, 0.4) is 0 Å². The van der Waals surface area contributed by atoms with E-state index in [1.807, 2.05) is 0 Å². The number of nitrogens with zero attached hydrogens (tertiary/aromatic N) is 1. The Hall–Kier alpha value is -0.960. The lowest BCUT2D eigenvalue weighted by atomic mass is 10.1. The van der Waals surface area contributed by atoms with Crippen molar-refractivity contribution in [3.8, 4) is 17.0 Å². The second kappa shape index (κ2) is 4.73. The van der Waals surface area contributed by atoms with Crippen LogP contribution < -0.4 is 0 Å². The summed E-state index contributed by atoms with van der Waals surface area (Å²) in [7, 11) is 0. The molecule has 1 aromatic heterocycles. The Labute approximate surface area is 114 Å². The Bertz CT molecular complexity index is 584. The first-order valence-electron chi connectivity index (χ1n) is 4.80. The predicted molar refractivity (Wildman–Crippen MR) is 71.1 cm³/mol. The maximum absolute atomic E-state index is 9.42. The molecule has 0 aliphatic rings. The van der Waals surface area contributed by atoms with Crippen LogP contribution in [0, 0.1) is 6.92 Å². The summed E-state index contributed by atoms with van der Waals surface area (Å²) in [6, 6.07) is 6.48. The third-order valence-corrected chi connectivity index (χ3v) is 3.35. The molecule has 0 spiro atoms. The molecule has 17 heavy (non-hydrogen) atoms. The van der Waals surface area contributed by atoms with Crippen molar-refractivity contribution in [2.45, 2.75) is 6.92 Å². The smallest absolute Gasteiger partial charge is 0.136 e. The van der Waals surface area contributed by atoms with Gasteiger partial charge in [0.1, 0.15) is 5.75 Å². The molecule has 2 aromatic rings. The number of aryl methyl sites for hydroxylation is 1. The van der Waals surface area contributed by atoms with Crippen molar-refractivity contribution >= 4 is 34.8 Å². The molecule has 1 heterocycles. The largest absolute Gasteiger partial charge is 0.506 e. The molecule has 0 atom stereocenters. The highest BCUT2D eigenvalue weighted by atomic mass is 35.5. The van der Waals surface area contributed by atoms with Crippen LogP contribution >= 0.6 is 34.8 Å². The molecular formula is C12H8Cl3NO. The molecule has 0 unspecified atom stereocenters. The molecule has 0 aliphatic carbocycles. The van der Waals surface area contributed by atoms with Gasteiger partial charge in [0, 0.05) is 10.6 Å². The molecule has 5 heteroatoms. The van der Waals surface area contributed by atoms with Gasteiger partial charge in [-0.05, 0) is 31.2 Å². The average molecular weight is 289 g/mol. The minimum atomic E-state index is 0.137. The van der Waals surface area contributed by atoms with Gasteiger partial charge in [0.25, 0.3) is 0 Å². The zero-order valence-electron chi connectivity index (χ0n) is 8.84. The van der Waals surface area contributed by atoms with Gasteiger partial charge in [-0.3, -0.25) is 0 Å². The zero-order chi connectivity index (χ0) is 12.6. The van der Waals surface area contributed by atoms with Crippen LogP contribution in [0.25, 0.3) is 11.3 Å². The van der Waals surface area contributed by atoms with Crippen LogP contribution in [-0.2, 0) is 0 Å². The summed E-state index contributed by atoms with van der Waals surface area (Å²) in [6.07, 6.45) is 0. The van der Waals surface area contributed by atoms with E-state index in [0.717, 1.165) is 0 Å². The third-order valence-electron chi connectivity index (χ3n) is 2.33. The van der Waals surface area contributed by atoms with Gasteiger partial charge < -0.3 is 5.11 Å². The number of pyridine rings is 1. The van der Waals surface area contributed by atoms with Gasteiger partial charge >= 0.3 is 0 Å². The van der Waals surface area contributed by atoms with Crippen LogP contribution in [0.4, 0.5) is 0 Å². The second-order valence-electron chi connectivity index (χ2n) is 3.55. The van der Waals surface area contributed by atoms with Gasteiger partial charge in [-0.1, -0.05) is 34.8 Å². The average Bonchev–Trinajstić information content (AvgIpc) is 2.27. The molecule has 0 saturated heterocycles. The molecular weight excluding hydrogens is 280 g/mol. The highest BCUT2D eigenvalue weighted by Crippen LogP contribution is 2.36. The molecule has 2 nitrogen and oxygen atoms in total. The Kier molecular flexibility index (Phi) is 3.48. The summed E-state index contributed by atoms with van der Waals surface area (Å²) in [5.41, 5.74) is 1.79. The van der Waals surface area contributed by atoms with Crippen LogP contribution in [0.2, 0.25) is 15.1 Å². The fourth-order valence-corrected chi connectivity index (χ4v) is 2.15. The van der Waals surface area contributed by atoms with Crippen LogP contribution in [0.15, 0.2) is 24.3 Å². The SMILES string of the molecule is Cc1nc(-c2cc(Cl)cc(Cl)c2Cl)ccc1O. The summed E-state index contributed by atoms with van der Waals surface area (Å²) >= 11 is 18.0. The van der Waals surface area contributed by atoms with Crippen molar-refractivity contribution in [3.05, 3.63) is 45.0 Å². The van der Waals surface area contributed by atoms with Gasteiger partial charge in [0.15, 0.2) is 0 Å². The number of halogens is 3. The van der Waals surface area contributed by atoms with Gasteiger partial charge in [-0.25, -0.2) is 4.98 Å². The van der Waals surface area contributed by atoms with Crippen LogP contribution in [-0.4, -0.2) is 10.1 Å². The van der Waals surface area contributed by atoms with Crippen molar-refractivity contribution in [1.82, 2.24) is 4.98 Å². The van der Waals surface area contributed by atoms with Gasteiger partial charge in [0.05, 0.1) is 21.4 Å². The summed E-state index contributed by atoms with van der Waals surface area (Å²) in [5.74, 6) is 0.137. The van der Waals surface area contributed by atoms with E-state index in [2.05, 4.69) is 4.98 Å². The predicted octanol–water partition coefficient (Wildman–Crippen LogP) is 4.72. The van der Waals surface area contributed by atoms with Gasteiger partial charge in [0.2, 0.25) is 0 Å². The molecule has 0 saturated carbocycles. The highest BCUT2D eigenvalue weighted by molar-refractivity contribution is 6.45.